The molecule has 2 rings (SSSR count). The number of aromatic nitrogens is 1. The van der Waals surface area contributed by atoms with Gasteiger partial charge in [0.05, 0.1) is 12.4 Å². The maximum absolute atomic E-state index is 11.2. The van der Waals surface area contributed by atoms with E-state index in [-0.39, 0.29) is 11.7 Å². The molecule has 0 saturated carbocycles. The molecule has 1 aromatic heterocycles. The molecule has 1 heterocycles. The van der Waals surface area contributed by atoms with Crippen LogP contribution in [0.2, 0.25) is 0 Å². The Labute approximate surface area is 129 Å². The maximum atomic E-state index is 11.2. The Morgan fingerprint density at radius 3 is 2.76 bits per heavy atom. The number of hydrogen-bond acceptors (Lipinski definition) is 4. The van der Waals surface area contributed by atoms with Crippen LogP contribution in [0.5, 0.6) is 5.75 Å². The second-order valence-electron chi connectivity index (χ2n) is 5.00. The van der Waals surface area contributed by atoms with Gasteiger partial charge >= 0.3 is 0 Å². The van der Waals surface area contributed by atoms with Crippen LogP contribution in [0.15, 0.2) is 36.5 Å². The molecule has 0 aliphatic carbocycles. The van der Waals surface area contributed by atoms with Gasteiger partial charge in [-0.2, -0.15) is 0 Å². The van der Waals surface area contributed by atoms with Crippen molar-refractivity contribution in [1.29, 1.82) is 0 Å². The zero-order valence-electron chi connectivity index (χ0n) is 11.8. The summed E-state index contributed by atoms with van der Waals surface area (Å²) in [5.74, 6) is 0.485. The predicted octanol–water partition coefficient (Wildman–Crippen LogP) is 3.60. The van der Waals surface area contributed by atoms with Gasteiger partial charge in [0, 0.05) is 28.2 Å². The van der Waals surface area contributed by atoms with Crippen LogP contribution in [0.1, 0.15) is 19.8 Å². The lowest BCUT2D eigenvalue weighted by atomic mass is 10.1. The van der Waals surface area contributed by atoms with Crippen molar-refractivity contribution in [2.24, 2.45) is 5.92 Å². The summed E-state index contributed by atoms with van der Waals surface area (Å²) in [6, 6.07) is 9.52. The molecular weight excluding hydrogens is 310 g/mol. The highest BCUT2D eigenvalue weighted by Crippen LogP contribution is 2.24. The number of rotatable bonds is 7. The van der Waals surface area contributed by atoms with E-state index in [1.54, 1.807) is 6.20 Å². The van der Waals surface area contributed by atoms with Gasteiger partial charge in [0.25, 0.3) is 0 Å². The SMILES string of the molecule is CCCC(COc1cccc2cccnc12)CS(=O)(=O)Cl. The first-order chi connectivity index (χ1) is 9.99. The third-order valence-electron chi connectivity index (χ3n) is 3.20. The zero-order valence-corrected chi connectivity index (χ0v) is 13.4. The average molecular weight is 328 g/mol. The molecule has 0 amide bonds. The molecule has 0 N–H and O–H groups in total. The van der Waals surface area contributed by atoms with E-state index in [0.717, 1.165) is 23.7 Å². The van der Waals surface area contributed by atoms with Gasteiger partial charge in [-0.15, -0.1) is 0 Å². The number of hydrogen-bond donors (Lipinski definition) is 0. The molecule has 2 aromatic rings. The number of para-hydroxylation sites is 1. The Kier molecular flexibility index (Phi) is 5.42. The van der Waals surface area contributed by atoms with Gasteiger partial charge in [0.15, 0.2) is 0 Å². The van der Waals surface area contributed by atoms with Crippen LogP contribution >= 0.6 is 10.7 Å². The largest absolute Gasteiger partial charge is 0.491 e. The molecule has 0 saturated heterocycles. The fraction of sp³-hybridized carbons (Fsp3) is 0.400. The molecule has 0 fully saturated rings. The van der Waals surface area contributed by atoms with Gasteiger partial charge in [0.2, 0.25) is 9.05 Å². The monoisotopic (exact) mass is 327 g/mol. The standard InChI is InChI=1S/C15H18ClNO3S/c1-2-5-12(11-21(16,18)19)10-20-14-8-3-6-13-7-4-9-17-15(13)14/h3-4,6-9,12H,2,5,10-11H2,1H3. The second-order valence-corrected chi connectivity index (χ2v) is 7.82. The van der Waals surface area contributed by atoms with E-state index in [1.807, 2.05) is 37.3 Å². The van der Waals surface area contributed by atoms with Crippen LogP contribution in [-0.4, -0.2) is 25.8 Å². The van der Waals surface area contributed by atoms with E-state index in [9.17, 15) is 8.42 Å². The first-order valence-corrected chi connectivity index (χ1v) is 9.36. The van der Waals surface area contributed by atoms with Gasteiger partial charge in [-0.1, -0.05) is 31.5 Å². The second kappa shape index (κ2) is 7.09. The number of pyridine rings is 1. The number of halogens is 1. The van der Waals surface area contributed by atoms with Crippen LogP contribution in [0.4, 0.5) is 0 Å². The quantitative estimate of drug-likeness (QED) is 0.729. The fourth-order valence-corrected chi connectivity index (χ4v) is 3.67. The molecule has 0 bridgehead atoms. The Bertz CT molecular complexity index is 698. The first-order valence-electron chi connectivity index (χ1n) is 6.88. The number of benzene rings is 1. The summed E-state index contributed by atoms with van der Waals surface area (Å²) in [6.07, 6.45) is 3.35. The summed E-state index contributed by atoms with van der Waals surface area (Å²) in [4.78, 5) is 4.31. The van der Waals surface area contributed by atoms with Crippen LogP contribution in [-0.2, 0) is 9.05 Å². The van der Waals surface area contributed by atoms with Crippen molar-refractivity contribution in [3.8, 4) is 5.75 Å². The van der Waals surface area contributed by atoms with Crippen LogP contribution in [0.25, 0.3) is 10.9 Å². The summed E-state index contributed by atoms with van der Waals surface area (Å²) in [7, 11) is 1.83. The van der Waals surface area contributed by atoms with E-state index < -0.39 is 9.05 Å². The van der Waals surface area contributed by atoms with Crippen molar-refractivity contribution in [3.05, 3.63) is 36.5 Å². The molecule has 0 aliphatic rings. The minimum atomic E-state index is -3.52. The summed E-state index contributed by atoms with van der Waals surface area (Å²) >= 11 is 0. The minimum absolute atomic E-state index is 0.0689. The average Bonchev–Trinajstić information content (AvgIpc) is 2.43. The summed E-state index contributed by atoms with van der Waals surface area (Å²) in [5.41, 5.74) is 0.781. The third-order valence-corrected chi connectivity index (χ3v) is 4.45. The highest BCUT2D eigenvalue weighted by atomic mass is 35.7. The van der Waals surface area contributed by atoms with Gasteiger partial charge in [-0.05, 0) is 18.6 Å². The Hall–Kier alpha value is -1.33. The number of nitrogens with zero attached hydrogens (tertiary/aromatic N) is 1. The lowest BCUT2D eigenvalue weighted by Gasteiger charge is -2.16. The lowest BCUT2D eigenvalue weighted by Crippen LogP contribution is -2.19. The van der Waals surface area contributed by atoms with Crippen molar-refractivity contribution >= 4 is 30.6 Å². The summed E-state index contributed by atoms with van der Waals surface area (Å²) in [5, 5.41) is 0.993. The van der Waals surface area contributed by atoms with Crippen molar-refractivity contribution in [2.75, 3.05) is 12.4 Å². The summed E-state index contributed by atoms with van der Waals surface area (Å²) in [6.45, 7) is 2.32. The molecule has 21 heavy (non-hydrogen) atoms. The van der Waals surface area contributed by atoms with E-state index >= 15 is 0 Å². The van der Waals surface area contributed by atoms with Gasteiger partial charge < -0.3 is 4.74 Å². The molecule has 4 nitrogen and oxygen atoms in total. The lowest BCUT2D eigenvalue weighted by molar-refractivity contribution is 0.255. The molecule has 6 heteroatoms. The fourth-order valence-electron chi connectivity index (χ4n) is 2.30. The van der Waals surface area contributed by atoms with Gasteiger partial charge in [-0.3, -0.25) is 4.98 Å². The third kappa shape index (κ3) is 4.86. The van der Waals surface area contributed by atoms with Gasteiger partial charge in [-0.25, -0.2) is 8.42 Å². The van der Waals surface area contributed by atoms with Crippen molar-refractivity contribution in [2.45, 2.75) is 19.8 Å². The zero-order chi connectivity index (χ0) is 15.3. The molecule has 1 aromatic carbocycles. The molecule has 0 spiro atoms. The van der Waals surface area contributed by atoms with Crippen LogP contribution in [0, 0.1) is 5.92 Å². The molecule has 0 aliphatic heterocycles. The van der Waals surface area contributed by atoms with Crippen molar-refractivity contribution in [1.82, 2.24) is 4.98 Å². The van der Waals surface area contributed by atoms with Crippen LogP contribution < -0.4 is 4.74 Å². The smallest absolute Gasteiger partial charge is 0.232 e. The highest BCUT2D eigenvalue weighted by molar-refractivity contribution is 8.13. The van der Waals surface area contributed by atoms with E-state index in [0.29, 0.717) is 12.4 Å². The Balaban J connectivity index is 2.12. The number of fused-ring (bicyclic) bond motifs is 1. The minimum Gasteiger partial charge on any atom is -0.491 e. The predicted molar refractivity (Wildman–Crippen MR) is 85.3 cm³/mol. The normalized spacial score (nSPS) is 13.2. The Morgan fingerprint density at radius 1 is 1.29 bits per heavy atom. The summed E-state index contributed by atoms with van der Waals surface area (Å²) < 4.78 is 28.3. The topological polar surface area (TPSA) is 56.3 Å². The van der Waals surface area contributed by atoms with Crippen LogP contribution in [0.3, 0.4) is 0 Å². The molecular formula is C15H18ClNO3S. The van der Waals surface area contributed by atoms with Crippen molar-refractivity contribution < 1.29 is 13.2 Å². The molecule has 0 radical (unpaired) electrons. The van der Waals surface area contributed by atoms with Crippen molar-refractivity contribution in [3.63, 3.8) is 0 Å². The molecule has 114 valence electrons. The maximum Gasteiger partial charge on any atom is 0.232 e. The van der Waals surface area contributed by atoms with E-state index in [2.05, 4.69) is 4.98 Å². The van der Waals surface area contributed by atoms with E-state index in [4.69, 9.17) is 15.4 Å². The number of ether oxygens (including phenoxy) is 1. The van der Waals surface area contributed by atoms with E-state index in [1.165, 1.54) is 0 Å². The molecule has 1 unspecified atom stereocenters. The highest BCUT2D eigenvalue weighted by Gasteiger charge is 2.17. The first kappa shape index (κ1) is 16.0. The molecule has 1 atom stereocenters. The van der Waals surface area contributed by atoms with Gasteiger partial charge in [0.1, 0.15) is 11.3 Å². The Morgan fingerprint density at radius 2 is 2.05 bits per heavy atom.